The van der Waals surface area contributed by atoms with Crippen LogP contribution in [0.3, 0.4) is 0 Å². The van der Waals surface area contributed by atoms with Gasteiger partial charge in [-0.15, -0.1) is 0 Å². The van der Waals surface area contributed by atoms with Crippen molar-refractivity contribution in [3.8, 4) is 0 Å². The molecule has 0 aliphatic heterocycles. The van der Waals surface area contributed by atoms with Gasteiger partial charge in [0.25, 0.3) is 0 Å². The highest BCUT2D eigenvalue weighted by atomic mass is 19.4. The molecule has 1 saturated carbocycles. The van der Waals surface area contributed by atoms with Crippen molar-refractivity contribution < 1.29 is 32.2 Å². The first kappa shape index (κ1) is 25.8. The van der Waals surface area contributed by atoms with Gasteiger partial charge in [0.1, 0.15) is 5.60 Å². The van der Waals surface area contributed by atoms with Crippen molar-refractivity contribution in [3.63, 3.8) is 0 Å². The van der Waals surface area contributed by atoms with Crippen molar-refractivity contribution >= 4 is 11.9 Å². The molecule has 1 aliphatic rings. The SMILES string of the molecule is CCC(C)(C)C(C)(CC(C)C)C(=O)OC1(CC(=O)OCC(F)(F)F)CCCCC1. The van der Waals surface area contributed by atoms with Crippen LogP contribution in [0, 0.1) is 16.7 Å². The number of carbonyl (C=O) groups is 2. The van der Waals surface area contributed by atoms with Gasteiger partial charge in [0.15, 0.2) is 6.61 Å². The number of rotatable bonds is 9. The Morgan fingerprint density at radius 1 is 1.03 bits per heavy atom. The Balaban J connectivity index is 3.05. The zero-order chi connectivity index (χ0) is 22.5. The van der Waals surface area contributed by atoms with E-state index in [1.807, 2.05) is 41.5 Å². The molecule has 1 unspecified atom stereocenters. The van der Waals surface area contributed by atoms with Gasteiger partial charge in [0, 0.05) is 0 Å². The standard InChI is InChI=1S/C22H37F3O4/c1-7-19(4,5)20(6,13-16(2)3)18(27)29-21(11-9-8-10-12-21)14-17(26)28-15-22(23,24)25/h16H,7-15H2,1-6H3. The highest BCUT2D eigenvalue weighted by Crippen LogP contribution is 2.48. The maximum atomic E-state index is 13.4. The molecule has 1 rings (SSSR count). The van der Waals surface area contributed by atoms with Crippen LogP contribution in [0.25, 0.3) is 0 Å². The monoisotopic (exact) mass is 422 g/mol. The third kappa shape index (κ3) is 7.18. The van der Waals surface area contributed by atoms with Gasteiger partial charge in [-0.3, -0.25) is 9.59 Å². The fraction of sp³-hybridized carbons (Fsp3) is 0.909. The topological polar surface area (TPSA) is 52.6 Å². The molecule has 170 valence electrons. The highest BCUT2D eigenvalue weighted by molar-refractivity contribution is 5.79. The largest absolute Gasteiger partial charge is 0.458 e. The van der Waals surface area contributed by atoms with E-state index in [1.54, 1.807) is 0 Å². The van der Waals surface area contributed by atoms with Crippen molar-refractivity contribution in [2.45, 2.75) is 105 Å². The second kappa shape index (κ2) is 9.69. The van der Waals surface area contributed by atoms with E-state index >= 15 is 0 Å². The van der Waals surface area contributed by atoms with Crippen LogP contribution in [0.2, 0.25) is 0 Å². The van der Waals surface area contributed by atoms with Crippen LogP contribution in [0.5, 0.6) is 0 Å². The van der Waals surface area contributed by atoms with Crippen LogP contribution in [-0.2, 0) is 19.1 Å². The minimum absolute atomic E-state index is 0.262. The molecule has 1 atom stereocenters. The van der Waals surface area contributed by atoms with Gasteiger partial charge in [0.2, 0.25) is 0 Å². The van der Waals surface area contributed by atoms with Gasteiger partial charge in [-0.1, -0.05) is 41.0 Å². The highest BCUT2D eigenvalue weighted by Gasteiger charge is 2.50. The third-order valence-electron chi connectivity index (χ3n) is 6.58. The number of esters is 2. The molecule has 0 heterocycles. The van der Waals surface area contributed by atoms with E-state index in [2.05, 4.69) is 4.74 Å². The Bertz CT molecular complexity index is 563. The van der Waals surface area contributed by atoms with Gasteiger partial charge in [-0.25, -0.2) is 0 Å². The number of ether oxygens (including phenoxy) is 2. The summed E-state index contributed by atoms with van der Waals surface area (Å²) in [5.74, 6) is -1.08. The van der Waals surface area contributed by atoms with Crippen molar-refractivity contribution in [3.05, 3.63) is 0 Å². The average Bonchev–Trinajstić information content (AvgIpc) is 2.59. The Morgan fingerprint density at radius 2 is 1.59 bits per heavy atom. The summed E-state index contributed by atoms with van der Waals surface area (Å²) in [5, 5.41) is 0. The van der Waals surface area contributed by atoms with Crippen molar-refractivity contribution in [2.75, 3.05) is 6.61 Å². The van der Waals surface area contributed by atoms with E-state index in [0.29, 0.717) is 19.3 Å². The van der Waals surface area contributed by atoms with E-state index in [1.165, 1.54) is 0 Å². The van der Waals surface area contributed by atoms with Gasteiger partial charge in [0.05, 0.1) is 11.8 Å². The van der Waals surface area contributed by atoms with Crippen LogP contribution >= 0.6 is 0 Å². The predicted octanol–water partition coefficient (Wildman–Crippen LogP) is 6.22. The van der Waals surface area contributed by atoms with Gasteiger partial charge in [-0.05, 0) is 56.8 Å². The van der Waals surface area contributed by atoms with Gasteiger partial charge >= 0.3 is 18.1 Å². The smallest absolute Gasteiger partial charge is 0.422 e. The molecule has 0 aromatic rings. The zero-order valence-corrected chi connectivity index (χ0v) is 18.7. The molecule has 0 radical (unpaired) electrons. The summed E-state index contributed by atoms with van der Waals surface area (Å²) in [7, 11) is 0. The maximum absolute atomic E-state index is 13.4. The summed E-state index contributed by atoms with van der Waals surface area (Å²) in [4.78, 5) is 25.5. The first-order chi connectivity index (χ1) is 13.2. The van der Waals surface area contributed by atoms with E-state index < -0.39 is 29.8 Å². The number of carbonyl (C=O) groups excluding carboxylic acids is 2. The van der Waals surface area contributed by atoms with Crippen LogP contribution in [0.1, 0.15) is 92.9 Å². The molecular formula is C22H37F3O4. The van der Waals surface area contributed by atoms with E-state index in [9.17, 15) is 22.8 Å². The molecule has 0 aromatic heterocycles. The summed E-state index contributed by atoms with van der Waals surface area (Å²) in [6, 6.07) is 0. The van der Waals surface area contributed by atoms with Crippen LogP contribution in [-0.4, -0.2) is 30.3 Å². The summed E-state index contributed by atoms with van der Waals surface area (Å²) >= 11 is 0. The summed E-state index contributed by atoms with van der Waals surface area (Å²) in [6.07, 6.45) is -0.121. The Morgan fingerprint density at radius 3 is 2.03 bits per heavy atom. The lowest BCUT2D eigenvalue weighted by Crippen LogP contribution is -2.49. The zero-order valence-electron chi connectivity index (χ0n) is 18.7. The van der Waals surface area contributed by atoms with Crippen molar-refractivity contribution in [1.29, 1.82) is 0 Å². The first-order valence-corrected chi connectivity index (χ1v) is 10.6. The molecule has 0 amide bonds. The molecular weight excluding hydrogens is 385 g/mol. The second-order valence-electron chi connectivity index (χ2n) is 9.75. The quantitative estimate of drug-likeness (QED) is 0.414. The molecule has 4 nitrogen and oxygen atoms in total. The number of hydrogen-bond acceptors (Lipinski definition) is 4. The molecule has 29 heavy (non-hydrogen) atoms. The van der Waals surface area contributed by atoms with Crippen molar-refractivity contribution in [1.82, 2.24) is 0 Å². The Labute approximate surface area is 172 Å². The van der Waals surface area contributed by atoms with Gasteiger partial charge < -0.3 is 9.47 Å². The lowest BCUT2D eigenvalue weighted by atomic mass is 9.61. The molecule has 0 aromatic carbocycles. The Kier molecular flexibility index (Phi) is 8.61. The Hall–Kier alpha value is -1.27. The van der Waals surface area contributed by atoms with Crippen molar-refractivity contribution in [2.24, 2.45) is 16.7 Å². The van der Waals surface area contributed by atoms with Crippen LogP contribution in [0.4, 0.5) is 13.2 Å². The number of halogens is 3. The lowest BCUT2D eigenvalue weighted by molar-refractivity contribution is -0.198. The number of alkyl halides is 3. The fourth-order valence-electron chi connectivity index (χ4n) is 4.14. The minimum Gasteiger partial charge on any atom is -0.458 e. The molecule has 0 bridgehead atoms. The molecule has 1 fully saturated rings. The molecule has 0 saturated heterocycles. The van der Waals surface area contributed by atoms with E-state index in [-0.39, 0.29) is 23.7 Å². The van der Waals surface area contributed by atoms with E-state index in [0.717, 1.165) is 25.7 Å². The first-order valence-electron chi connectivity index (χ1n) is 10.6. The summed E-state index contributed by atoms with van der Waals surface area (Å²) in [5.41, 5.74) is -2.18. The van der Waals surface area contributed by atoms with Crippen LogP contribution < -0.4 is 0 Å². The average molecular weight is 423 g/mol. The van der Waals surface area contributed by atoms with E-state index in [4.69, 9.17) is 4.74 Å². The summed E-state index contributed by atoms with van der Waals surface area (Å²) in [6.45, 7) is 10.5. The normalized spacial score (nSPS) is 19.5. The second-order valence-corrected chi connectivity index (χ2v) is 9.75. The lowest BCUT2D eigenvalue weighted by Gasteiger charge is -2.46. The van der Waals surface area contributed by atoms with Gasteiger partial charge in [-0.2, -0.15) is 13.2 Å². The van der Waals surface area contributed by atoms with Crippen LogP contribution in [0.15, 0.2) is 0 Å². The fourth-order valence-corrected chi connectivity index (χ4v) is 4.14. The molecule has 0 spiro atoms. The summed E-state index contributed by atoms with van der Waals surface area (Å²) < 4.78 is 47.6. The maximum Gasteiger partial charge on any atom is 0.422 e. The minimum atomic E-state index is -4.58. The molecule has 0 N–H and O–H groups in total. The predicted molar refractivity (Wildman–Crippen MR) is 105 cm³/mol. The third-order valence-corrected chi connectivity index (χ3v) is 6.58. The molecule has 7 heteroatoms. The number of hydrogen-bond donors (Lipinski definition) is 0. The molecule has 1 aliphatic carbocycles.